The summed E-state index contributed by atoms with van der Waals surface area (Å²) < 4.78 is 1.81. The number of nitrogen functional groups attached to an aromatic ring is 1. The second kappa shape index (κ2) is 8.20. The molecule has 0 spiro atoms. The van der Waals surface area contributed by atoms with Crippen LogP contribution >= 0.6 is 0 Å². The summed E-state index contributed by atoms with van der Waals surface area (Å²) in [5, 5.41) is 14.8. The molecule has 0 aliphatic heterocycles. The topological polar surface area (TPSA) is 119 Å². The summed E-state index contributed by atoms with van der Waals surface area (Å²) in [5.74, 6) is 0.165. The number of fused-ring (bicyclic) bond motifs is 1. The third-order valence-corrected chi connectivity index (χ3v) is 6.40. The van der Waals surface area contributed by atoms with Gasteiger partial charge in [0.1, 0.15) is 11.2 Å². The Morgan fingerprint density at radius 2 is 1.94 bits per heavy atom. The van der Waals surface area contributed by atoms with Crippen molar-refractivity contribution in [1.82, 2.24) is 25.3 Å². The average molecular weight is 443 g/mol. The molecule has 0 atom stereocenters. The zero-order valence-corrected chi connectivity index (χ0v) is 18.7. The van der Waals surface area contributed by atoms with E-state index in [1.165, 1.54) is 0 Å². The van der Waals surface area contributed by atoms with Gasteiger partial charge in [-0.25, -0.2) is 5.10 Å². The van der Waals surface area contributed by atoms with Crippen LogP contribution in [0.1, 0.15) is 52.4 Å². The van der Waals surface area contributed by atoms with Crippen LogP contribution in [0.2, 0.25) is 0 Å². The molecule has 4 N–H and O–H groups in total. The lowest BCUT2D eigenvalue weighted by Gasteiger charge is -2.26. The van der Waals surface area contributed by atoms with E-state index in [4.69, 9.17) is 10.8 Å². The normalized spacial score (nSPS) is 13.8. The van der Waals surface area contributed by atoms with E-state index in [1.807, 2.05) is 61.0 Å². The van der Waals surface area contributed by atoms with E-state index in [0.717, 1.165) is 41.5 Å². The van der Waals surface area contributed by atoms with Crippen molar-refractivity contribution in [3.63, 3.8) is 0 Å². The number of nitrogens with zero attached hydrogens (tertiary/aromatic N) is 3. The molecule has 1 amide bonds. The Morgan fingerprint density at radius 1 is 1.18 bits per heavy atom. The quantitative estimate of drug-likeness (QED) is 0.436. The van der Waals surface area contributed by atoms with E-state index < -0.39 is 0 Å². The van der Waals surface area contributed by atoms with Gasteiger partial charge in [0.05, 0.1) is 11.4 Å². The number of hydrogen-bond donors (Lipinski definition) is 3. The van der Waals surface area contributed by atoms with Crippen LogP contribution in [0.3, 0.4) is 0 Å². The summed E-state index contributed by atoms with van der Waals surface area (Å²) in [6.07, 6.45) is 3.12. The average Bonchev–Trinajstić information content (AvgIpc) is 3.17. The highest BCUT2D eigenvalue weighted by molar-refractivity contribution is 5.99. The Hall–Kier alpha value is -3.94. The molecule has 1 fully saturated rings. The highest BCUT2D eigenvalue weighted by Crippen LogP contribution is 2.37. The Kier molecular flexibility index (Phi) is 5.20. The summed E-state index contributed by atoms with van der Waals surface area (Å²) in [6.45, 7) is 4.32. The molecule has 0 bridgehead atoms. The van der Waals surface area contributed by atoms with Crippen LogP contribution < -0.4 is 16.6 Å². The van der Waals surface area contributed by atoms with Gasteiger partial charge in [0.2, 0.25) is 0 Å². The summed E-state index contributed by atoms with van der Waals surface area (Å²) in [6, 6.07) is 13.8. The maximum Gasteiger partial charge on any atom is 0.290 e. The number of benzene rings is 2. The van der Waals surface area contributed by atoms with Gasteiger partial charge in [-0.2, -0.15) is 10.2 Å². The van der Waals surface area contributed by atoms with Gasteiger partial charge in [0.25, 0.3) is 11.5 Å². The number of aromatic nitrogens is 4. The number of nitrogens with one attached hydrogen (secondary N) is 2. The van der Waals surface area contributed by atoms with E-state index in [2.05, 4.69) is 15.5 Å². The fraction of sp³-hybridized carbons (Fsp3) is 0.280. The number of hydrogen-bond acceptors (Lipinski definition) is 5. The lowest BCUT2D eigenvalue weighted by molar-refractivity contribution is 0.0950. The number of aromatic amines is 1. The summed E-state index contributed by atoms with van der Waals surface area (Å²) in [4.78, 5) is 25.1. The van der Waals surface area contributed by atoms with Crippen molar-refractivity contribution in [2.45, 2.75) is 45.7 Å². The van der Waals surface area contributed by atoms with Crippen molar-refractivity contribution in [3.8, 4) is 11.3 Å². The van der Waals surface area contributed by atoms with Gasteiger partial charge in [-0.05, 0) is 50.3 Å². The Labute approximate surface area is 190 Å². The first-order chi connectivity index (χ1) is 15.9. The summed E-state index contributed by atoms with van der Waals surface area (Å²) >= 11 is 0. The molecule has 1 aliphatic carbocycles. The van der Waals surface area contributed by atoms with Gasteiger partial charge >= 0.3 is 0 Å². The Bertz CT molecular complexity index is 1410. The monoisotopic (exact) mass is 442 g/mol. The van der Waals surface area contributed by atoms with Crippen LogP contribution in [0.15, 0.2) is 47.3 Å². The molecular weight excluding hydrogens is 416 g/mol. The molecule has 2 aromatic heterocycles. The summed E-state index contributed by atoms with van der Waals surface area (Å²) in [5.41, 5.74) is 11.5. The lowest BCUT2D eigenvalue weighted by atomic mass is 9.93. The SMILES string of the molecule is Cc1ccc(C)c(C(=O)NCc2ccc(-c3nn(C4CCC4)c4c(=O)[nH]nc(N)c34)cc2)c1. The molecule has 0 unspecified atom stereocenters. The predicted octanol–water partition coefficient (Wildman–Crippen LogP) is 3.64. The van der Waals surface area contributed by atoms with Gasteiger partial charge in [0.15, 0.2) is 5.82 Å². The molecule has 168 valence electrons. The van der Waals surface area contributed by atoms with Crippen molar-refractivity contribution in [2.24, 2.45) is 0 Å². The molecule has 5 rings (SSSR count). The molecule has 1 saturated carbocycles. The lowest BCUT2D eigenvalue weighted by Crippen LogP contribution is -2.23. The number of amides is 1. The number of nitrogens with two attached hydrogens (primary N) is 1. The number of carbonyl (C=O) groups excluding carboxylic acids is 1. The summed E-state index contributed by atoms with van der Waals surface area (Å²) in [7, 11) is 0. The number of rotatable bonds is 5. The zero-order chi connectivity index (χ0) is 23.1. The van der Waals surface area contributed by atoms with E-state index in [-0.39, 0.29) is 23.3 Å². The van der Waals surface area contributed by atoms with Crippen LogP contribution in [0.25, 0.3) is 22.2 Å². The number of aryl methyl sites for hydroxylation is 2. The number of anilines is 1. The van der Waals surface area contributed by atoms with Crippen LogP contribution in [0.5, 0.6) is 0 Å². The fourth-order valence-corrected chi connectivity index (χ4v) is 4.25. The minimum Gasteiger partial charge on any atom is -0.382 e. The second-order valence-corrected chi connectivity index (χ2v) is 8.74. The molecule has 0 radical (unpaired) electrons. The van der Waals surface area contributed by atoms with Crippen LogP contribution in [-0.4, -0.2) is 25.9 Å². The van der Waals surface area contributed by atoms with Gasteiger partial charge < -0.3 is 11.1 Å². The minimum atomic E-state index is -0.282. The van der Waals surface area contributed by atoms with Crippen LogP contribution in [-0.2, 0) is 6.54 Å². The van der Waals surface area contributed by atoms with Crippen LogP contribution in [0, 0.1) is 13.8 Å². The molecule has 1 aliphatic rings. The minimum absolute atomic E-state index is 0.0939. The Balaban J connectivity index is 1.41. The molecule has 4 aromatic rings. The first-order valence-electron chi connectivity index (χ1n) is 11.1. The molecule has 2 heterocycles. The second-order valence-electron chi connectivity index (χ2n) is 8.74. The molecule has 8 nitrogen and oxygen atoms in total. The molecule has 2 aromatic carbocycles. The van der Waals surface area contributed by atoms with Crippen molar-refractivity contribution in [1.29, 1.82) is 0 Å². The van der Waals surface area contributed by atoms with E-state index >= 15 is 0 Å². The van der Waals surface area contributed by atoms with Gasteiger partial charge in [-0.1, -0.05) is 42.0 Å². The maximum atomic E-state index is 12.6. The number of carbonyl (C=O) groups is 1. The molecule has 33 heavy (non-hydrogen) atoms. The van der Waals surface area contributed by atoms with E-state index in [9.17, 15) is 9.59 Å². The van der Waals surface area contributed by atoms with E-state index in [0.29, 0.717) is 28.7 Å². The zero-order valence-electron chi connectivity index (χ0n) is 18.7. The Morgan fingerprint density at radius 3 is 2.64 bits per heavy atom. The molecule has 0 saturated heterocycles. The van der Waals surface area contributed by atoms with Crippen molar-refractivity contribution >= 4 is 22.6 Å². The first-order valence-corrected chi connectivity index (χ1v) is 11.1. The van der Waals surface area contributed by atoms with Crippen molar-refractivity contribution < 1.29 is 4.79 Å². The van der Waals surface area contributed by atoms with Gasteiger partial charge in [0, 0.05) is 17.7 Å². The van der Waals surface area contributed by atoms with Gasteiger partial charge in [-0.3, -0.25) is 14.3 Å². The standard InChI is InChI=1S/C25H26N6O2/c1-14-6-7-15(2)19(12-14)24(32)27-13-16-8-10-17(11-9-16)21-20-22(25(33)29-28-23(20)26)31(30-21)18-4-3-5-18/h6-12,18H,3-5,13H2,1-2H3,(H2,26,28)(H,27,32)(H,29,33). The highest BCUT2D eigenvalue weighted by atomic mass is 16.1. The molecule has 8 heteroatoms. The van der Waals surface area contributed by atoms with Gasteiger partial charge in [-0.15, -0.1) is 0 Å². The maximum absolute atomic E-state index is 12.6. The first kappa shape index (κ1) is 20.9. The highest BCUT2D eigenvalue weighted by Gasteiger charge is 2.27. The largest absolute Gasteiger partial charge is 0.382 e. The van der Waals surface area contributed by atoms with Crippen molar-refractivity contribution in [3.05, 3.63) is 75.1 Å². The third-order valence-electron chi connectivity index (χ3n) is 6.40. The smallest absolute Gasteiger partial charge is 0.290 e. The third kappa shape index (κ3) is 3.77. The molecular formula is C25H26N6O2. The number of H-pyrrole nitrogens is 1. The van der Waals surface area contributed by atoms with Crippen LogP contribution in [0.4, 0.5) is 5.82 Å². The fourth-order valence-electron chi connectivity index (χ4n) is 4.25. The predicted molar refractivity (Wildman–Crippen MR) is 128 cm³/mol. The van der Waals surface area contributed by atoms with Crippen molar-refractivity contribution in [2.75, 3.05) is 5.73 Å². The van der Waals surface area contributed by atoms with E-state index in [1.54, 1.807) is 0 Å².